The fourth-order valence-corrected chi connectivity index (χ4v) is 1.40. The van der Waals surface area contributed by atoms with E-state index in [-0.39, 0.29) is 6.61 Å². The smallest absolute Gasteiger partial charge is 0.303 e. The van der Waals surface area contributed by atoms with E-state index in [1.807, 2.05) is 0 Å². The molecule has 1 unspecified atom stereocenters. The van der Waals surface area contributed by atoms with Gasteiger partial charge in [-0.15, -0.1) is 0 Å². The molecule has 0 saturated carbocycles. The number of carbonyl (C=O) groups excluding carboxylic acids is 2. The second-order valence-electron chi connectivity index (χ2n) is 3.33. The van der Waals surface area contributed by atoms with Crippen molar-refractivity contribution in [2.45, 2.75) is 32.2 Å². The Hall–Kier alpha value is -1.56. The molecule has 0 aromatic carbocycles. The van der Waals surface area contributed by atoms with Gasteiger partial charge in [-0.3, -0.25) is 9.59 Å². The van der Waals surface area contributed by atoms with E-state index in [9.17, 15) is 9.59 Å². The Morgan fingerprint density at radius 1 is 1.31 bits per heavy atom. The van der Waals surface area contributed by atoms with Crippen LogP contribution in [0.2, 0.25) is 0 Å². The summed E-state index contributed by atoms with van der Waals surface area (Å²) in [4.78, 5) is 21.7. The number of hydrogen-bond donors (Lipinski definition) is 1. The summed E-state index contributed by atoms with van der Waals surface area (Å²) in [5, 5.41) is 9.04. The molecule has 6 nitrogen and oxygen atoms in total. The Kier molecular flexibility index (Phi) is 4.30. The van der Waals surface area contributed by atoms with Crippen LogP contribution in [0.3, 0.4) is 0 Å². The van der Waals surface area contributed by atoms with Crippen LogP contribution in [0.4, 0.5) is 0 Å². The van der Waals surface area contributed by atoms with Crippen molar-refractivity contribution in [3.05, 3.63) is 12.3 Å². The Morgan fingerprint density at radius 2 is 1.94 bits per heavy atom. The van der Waals surface area contributed by atoms with E-state index in [2.05, 4.69) is 0 Å². The van der Waals surface area contributed by atoms with Gasteiger partial charge in [-0.25, -0.2) is 0 Å². The third-order valence-corrected chi connectivity index (χ3v) is 2.00. The molecule has 0 amide bonds. The molecular formula is C10H14O6. The van der Waals surface area contributed by atoms with E-state index in [1.54, 1.807) is 0 Å². The van der Waals surface area contributed by atoms with Crippen molar-refractivity contribution < 1.29 is 28.9 Å². The van der Waals surface area contributed by atoms with Crippen molar-refractivity contribution in [3.63, 3.8) is 0 Å². The monoisotopic (exact) mass is 230 g/mol. The van der Waals surface area contributed by atoms with Crippen LogP contribution in [0.1, 0.15) is 13.8 Å². The van der Waals surface area contributed by atoms with Gasteiger partial charge in [0.25, 0.3) is 0 Å². The molecular weight excluding hydrogens is 216 g/mol. The number of esters is 2. The molecule has 0 aromatic rings. The largest absolute Gasteiger partial charge is 0.492 e. The lowest BCUT2D eigenvalue weighted by molar-refractivity contribution is -0.175. The topological polar surface area (TPSA) is 82.1 Å². The van der Waals surface area contributed by atoms with Crippen molar-refractivity contribution in [2.24, 2.45) is 0 Å². The molecule has 0 aliphatic carbocycles. The number of rotatable bonds is 3. The minimum Gasteiger partial charge on any atom is -0.492 e. The lowest BCUT2D eigenvalue weighted by Crippen LogP contribution is -2.46. The summed E-state index contributed by atoms with van der Waals surface area (Å²) in [5.74, 6) is -1.02. The predicted octanol–water partition coefficient (Wildman–Crippen LogP) is -0.245. The van der Waals surface area contributed by atoms with E-state index in [4.69, 9.17) is 19.3 Å². The molecule has 6 heteroatoms. The van der Waals surface area contributed by atoms with E-state index in [0.29, 0.717) is 0 Å². The van der Waals surface area contributed by atoms with Crippen molar-refractivity contribution in [1.29, 1.82) is 0 Å². The summed E-state index contributed by atoms with van der Waals surface area (Å²) >= 11 is 0. The molecule has 16 heavy (non-hydrogen) atoms. The number of hydrogen-bond acceptors (Lipinski definition) is 6. The first-order valence-corrected chi connectivity index (χ1v) is 4.82. The zero-order valence-corrected chi connectivity index (χ0v) is 9.08. The van der Waals surface area contributed by atoms with Crippen molar-refractivity contribution in [3.8, 4) is 0 Å². The number of aliphatic hydroxyl groups excluding tert-OH is 1. The normalized spacial score (nSPS) is 28.1. The van der Waals surface area contributed by atoms with E-state index < -0.39 is 30.3 Å². The molecule has 0 fully saturated rings. The summed E-state index contributed by atoms with van der Waals surface area (Å²) in [6, 6.07) is 0. The maximum Gasteiger partial charge on any atom is 0.303 e. The van der Waals surface area contributed by atoms with Crippen LogP contribution in [0.25, 0.3) is 0 Å². The molecule has 0 bridgehead atoms. The first-order chi connectivity index (χ1) is 7.54. The third-order valence-electron chi connectivity index (χ3n) is 2.00. The summed E-state index contributed by atoms with van der Waals surface area (Å²) in [6.45, 7) is 2.15. The second kappa shape index (κ2) is 5.50. The number of carbonyl (C=O) groups is 2. The summed E-state index contributed by atoms with van der Waals surface area (Å²) in [5.41, 5.74) is 0. The number of aliphatic hydroxyl groups is 1. The van der Waals surface area contributed by atoms with Crippen LogP contribution in [0.15, 0.2) is 12.3 Å². The van der Waals surface area contributed by atoms with E-state index in [0.717, 1.165) is 0 Å². The molecule has 1 aliphatic rings. The van der Waals surface area contributed by atoms with Crippen LogP contribution >= 0.6 is 0 Å². The lowest BCUT2D eigenvalue weighted by atomic mass is 10.1. The van der Waals surface area contributed by atoms with Crippen molar-refractivity contribution in [2.75, 3.05) is 6.61 Å². The molecule has 0 radical (unpaired) electrons. The van der Waals surface area contributed by atoms with Gasteiger partial charge in [-0.1, -0.05) is 0 Å². The van der Waals surface area contributed by atoms with Gasteiger partial charge >= 0.3 is 11.9 Å². The van der Waals surface area contributed by atoms with Crippen LogP contribution < -0.4 is 0 Å². The Labute approximate surface area is 92.8 Å². The Morgan fingerprint density at radius 3 is 2.44 bits per heavy atom. The number of ether oxygens (including phenoxy) is 3. The van der Waals surface area contributed by atoms with Crippen LogP contribution in [0.5, 0.6) is 0 Å². The standard InChI is InChI=1S/C10H14O6/c1-6(12)15-8-3-4-14-9(5-11)10(8)16-7(2)13/h3-4,8-11H,5H2,1-2H3/t8-,9?,10+/m0/s1. The van der Waals surface area contributed by atoms with Gasteiger partial charge < -0.3 is 19.3 Å². The molecule has 0 aromatic heterocycles. The fraction of sp³-hybridized carbons (Fsp3) is 0.600. The zero-order valence-electron chi connectivity index (χ0n) is 9.08. The van der Waals surface area contributed by atoms with E-state index in [1.165, 1.54) is 26.2 Å². The van der Waals surface area contributed by atoms with Gasteiger partial charge in [0.2, 0.25) is 0 Å². The van der Waals surface area contributed by atoms with Crippen molar-refractivity contribution in [1.82, 2.24) is 0 Å². The molecule has 90 valence electrons. The van der Waals surface area contributed by atoms with E-state index >= 15 is 0 Å². The zero-order chi connectivity index (χ0) is 12.1. The van der Waals surface area contributed by atoms with Crippen LogP contribution in [0, 0.1) is 0 Å². The first-order valence-electron chi connectivity index (χ1n) is 4.82. The molecule has 1 rings (SSSR count). The van der Waals surface area contributed by atoms with Gasteiger partial charge in [-0.2, -0.15) is 0 Å². The lowest BCUT2D eigenvalue weighted by Gasteiger charge is -2.32. The highest BCUT2D eigenvalue weighted by molar-refractivity contribution is 5.67. The molecule has 1 aliphatic heterocycles. The van der Waals surface area contributed by atoms with Gasteiger partial charge in [0.05, 0.1) is 12.9 Å². The van der Waals surface area contributed by atoms with Gasteiger partial charge in [0.1, 0.15) is 0 Å². The van der Waals surface area contributed by atoms with Gasteiger partial charge in [0.15, 0.2) is 18.3 Å². The van der Waals surface area contributed by atoms with Crippen LogP contribution in [-0.4, -0.2) is 42.0 Å². The average molecular weight is 230 g/mol. The van der Waals surface area contributed by atoms with Crippen molar-refractivity contribution >= 4 is 11.9 Å². The van der Waals surface area contributed by atoms with Crippen LogP contribution in [-0.2, 0) is 23.8 Å². The minimum absolute atomic E-state index is 0.333. The maximum absolute atomic E-state index is 10.9. The summed E-state index contributed by atoms with van der Waals surface area (Å²) in [6.07, 6.45) is 0.497. The minimum atomic E-state index is -0.823. The average Bonchev–Trinajstić information content (AvgIpc) is 2.19. The first kappa shape index (κ1) is 12.5. The van der Waals surface area contributed by atoms with Gasteiger partial charge in [-0.05, 0) is 6.08 Å². The summed E-state index contributed by atoms with van der Waals surface area (Å²) in [7, 11) is 0. The highest BCUT2D eigenvalue weighted by Crippen LogP contribution is 2.19. The molecule has 1 heterocycles. The predicted molar refractivity (Wildman–Crippen MR) is 52.2 cm³/mol. The highest BCUT2D eigenvalue weighted by Gasteiger charge is 2.36. The highest BCUT2D eigenvalue weighted by atomic mass is 16.6. The SMILES string of the molecule is CC(=O)O[C@H]1C=COC(CO)[C@@H]1OC(C)=O. The third kappa shape index (κ3) is 3.23. The molecule has 0 spiro atoms. The summed E-state index contributed by atoms with van der Waals surface area (Å²) < 4.78 is 15.0. The second-order valence-corrected chi connectivity index (χ2v) is 3.33. The molecule has 1 N–H and O–H groups in total. The Bertz CT molecular complexity index is 298. The maximum atomic E-state index is 10.9. The molecule has 0 saturated heterocycles. The molecule has 3 atom stereocenters. The fourth-order valence-electron chi connectivity index (χ4n) is 1.40. The van der Waals surface area contributed by atoms with Gasteiger partial charge in [0, 0.05) is 13.8 Å². The quantitative estimate of drug-likeness (QED) is 0.673. The Balaban J connectivity index is 2.77.